The van der Waals surface area contributed by atoms with Gasteiger partial charge in [0.15, 0.2) is 0 Å². The van der Waals surface area contributed by atoms with Gasteiger partial charge >= 0.3 is 0 Å². The van der Waals surface area contributed by atoms with Gasteiger partial charge in [0.25, 0.3) is 0 Å². The zero-order chi connectivity index (χ0) is 19.1. The summed E-state index contributed by atoms with van der Waals surface area (Å²) in [6, 6.07) is 8.78. The van der Waals surface area contributed by atoms with Crippen molar-refractivity contribution in [2.75, 3.05) is 45.2 Å². The van der Waals surface area contributed by atoms with Crippen LogP contribution in [0.1, 0.15) is 13.3 Å². The van der Waals surface area contributed by atoms with Crippen LogP contribution in [0.15, 0.2) is 40.5 Å². The largest absolute Gasteiger partial charge is 0.372 e. The average molecular weight is 374 g/mol. The predicted octanol–water partition coefficient (Wildman–Crippen LogP) is 3.05. The fourth-order valence-electron chi connectivity index (χ4n) is 2.84. The van der Waals surface area contributed by atoms with E-state index in [0.29, 0.717) is 10.6 Å². The quantitative estimate of drug-likeness (QED) is 0.267. The number of rotatable bonds is 4. The fourth-order valence-corrected chi connectivity index (χ4v) is 3.08. The molecule has 0 aromatic heterocycles. The number of hydrogen-bond donors (Lipinski definition) is 0. The Morgan fingerprint density at radius 3 is 2.54 bits per heavy atom. The molecule has 26 heavy (non-hydrogen) atoms. The third-order valence-electron chi connectivity index (χ3n) is 4.26. The van der Waals surface area contributed by atoms with Gasteiger partial charge in [-0.3, -0.25) is 0 Å². The maximum atomic E-state index is 13.1. The number of benzene rings is 1. The van der Waals surface area contributed by atoms with Gasteiger partial charge in [-0.1, -0.05) is 12.2 Å². The van der Waals surface area contributed by atoms with Gasteiger partial charge in [-0.05, 0) is 37.6 Å². The van der Waals surface area contributed by atoms with Gasteiger partial charge in [-0.25, -0.2) is 9.38 Å². The van der Waals surface area contributed by atoms with E-state index in [4.69, 9.17) is 12.2 Å². The molecule has 0 radical (unpaired) electrons. The van der Waals surface area contributed by atoms with Crippen molar-refractivity contribution in [1.82, 2.24) is 9.80 Å². The maximum absolute atomic E-state index is 13.1. The molecule has 0 atom stereocenters. The zero-order valence-electron chi connectivity index (χ0n) is 15.4. The molecule has 1 aromatic carbocycles. The number of nitriles is 1. The van der Waals surface area contributed by atoms with Crippen molar-refractivity contribution in [2.45, 2.75) is 13.3 Å². The van der Waals surface area contributed by atoms with Crippen molar-refractivity contribution in [2.24, 2.45) is 4.99 Å². The third kappa shape index (κ3) is 5.27. The first kappa shape index (κ1) is 19.9. The predicted molar refractivity (Wildman–Crippen MR) is 108 cm³/mol. The maximum Gasteiger partial charge on any atom is 0.147 e. The highest BCUT2D eigenvalue weighted by molar-refractivity contribution is 7.80. The second-order valence-electron chi connectivity index (χ2n) is 6.39. The lowest BCUT2D eigenvalue weighted by Crippen LogP contribution is -2.30. The molecule has 0 amide bonds. The van der Waals surface area contributed by atoms with E-state index >= 15 is 0 Å². The molecule has 138 valence electrons. The SMILES string of the molecule is C/C(=C(\C#N)C(=S)N=CN(C)C)N1CCCN(c2ccc(F)cc2)CC1. The van der Waals surface area contributed by atoms with Crippen molar-refractivity contribution in [3.63, 3.8) is 0 Å². The van der Waals surface area contributed by atoms with Crippen molar-refractivity contribution in [3.8, 4) is 6.07 Å². The number of aliphatic imine (C=N–C) groups is 1. The summed E-state index contributed by atoms with van der Waals surface area (Å²) >= 11 is 5.31. The average Bonchev–Trinajstić information content (AvgIpc) is 2.87. The lowest BCUT2D eigenvalue weighted by atomic mass is 10.2. The summed E-state index contributed by atoms with van der Waals surface area (Å²) in [6.45, 7) is 5.22. The molecule has 0 saturated carbocycles. The summed E-state index contributed by atoms with van der Waals surface area (Å²) in [5, 5.41) is 9.53. The first-order valence-electron chi connectivity index (χ1n) is 8.53. The van der Waals surface area contributed by atoms with E-state index in [1.807, 2.05) is 21.0 Å². The first-order valence-corrected chi connectivity index (χ1v) is 8.94. The lowest BCUT2D eigenvalue weighted by molar-refractivity contribution is 0.369. The molecule has 1 aromatic rings. The molecule has 2 rings (SSSR count). The molecule has 1 saturated heterocycles. The van der Waals surface area contributed by atoms with Crippen LogP contribution in [0.4, 0.5) is 10.1 Å². The molecule has 0 bridgehead atoms. The van der Waals surface area contributed by atoms with Crippen LogP contribution in [0.5, 0.6) is 0 Å². The lowest BCUT2D eigenvalue weighted by Gasteiger charge is -2.26. The normalized spacial score (nSPS) is 16.1. The van der Waals surface area contributed by atoms with Crippen molar-refractivity contribution in [1.29, 1.82) is 5.26 Å². The fraction of sp³-hybridized carbons (Fsp3) is 0.421. The molecule has 1 aliphatic rings. The minimum absolute atomic E-state index is 0.227. The number of thiocarbonyl (C=S) groups is 1. The van der Waals surface area contributed by atoms with E-state index < -0.39 is 0 Å². The van der Waals surface area contributed by atoms with Crippen LogP contribution in [0.25, 0.3) is 0 Å². The van der Waals surface area contributed by atoms with Gasteiger partial charge in [0.2, 0.25) is 0 Å². The van der Waals surface area contributed by atoms with Crippen molar-refractivity contribution in [3.05, 3.63) is 41.4 Å². The van der Waals surface area contributed by atoms with Gasteiger partial charge in [-0.15, -0.1) is 0 Å². The van der Waals surface area contributed by atoms with Crippen LogP contribution in [-0.2, 0) is 0 Å². The van der Waals surface area contributed by atoms with Crippen LogP contribution in [-0.4, -0.2) is 61.4 Å². The van der Waals surface area contributed by atoms with Crippen LogP contribution in [0, 0.1) is 17.1 Å². The standard InChI is InChI=1S/C19H24FN5S/c1-15(18(13-21)19(26)22-14-23(2)3)24-9-4-10-25(12-11-24)17-7-5-16(20)6-8-17/h5-8,14H,4,9-12H2,1-3H3/b18-15-,22-14?. The molecule has 1 aliphatic heterocycles. The summed E-state index contributed by atoms with van der Waals surface area (Å²) in [5.41, 5.74) is 2.31. The number of nitrogens with zero attached hydrogens (tertiary/aromatic N) is 5. The minimum atomic E-state index is -0.227. The first-order chi connectivity index (χ1) is 12.4. The third-order valence-corrected chi connectivity index (χ3v) is 4.56. The molecule has 5 nitrogen and oxygen atoms in total. The molecule has 0 spiro atoms. The summed E-state index contributed by atoms with van der Waals surface area (Å²) in [4.78, 5) is 10.7. The number of allylic oxidation sites excluding steroid dienone is 1. The van der Waals surface area contributed by atoms with Crippen LogP contribution >= 0.6 is 12.2 Å². The van der Waals surface area contributed by atoms with E-state index in [0.717, 1.165) is 44.0 Å². The van der Waals surface area contributed by atoms with E-state index in [1.165, 1.54) is 12.1 Å². The van der Waals surface area contributed by atoms with Crippen LogP contribution < -0.4 is 4.90 Å². The van der Waals surface area contributed by atoms with E-state index in [9.17, 15) is 9.65 Å². The molecule has 0 unspecified atom stereocenters. The molecular formula is C19H24FN5S. The second kappa shape index (κ2) is 9.30. The van der Waals surface area contributed by atoms with Gasteiger partial charge in [0.1, 0.15) is 22.4 Å². The van der Waals surface area contributed by atoms with Crippen LogP contribution in [0.2, 0.25) is 0 Å². The Hall–Kier alpha value is -2.46. The highest BCUT2D eigenvalue weighted by Crippen LogP contribution is 2.20. The van der Waals surface area contributed by atoms with E-state index in [2.05, 4.69) is 20.9 Å². The highest BCUT2D eigenvalue weighted by Gasteiger charge is 2.19. The summed E-state index contributed by atoms with van der Waals surface area (Å²) < 4.78 is 13.1. The number of anilines is 1. The molecule has 7 heteroatoms. The van der Waals surface area contributed by atoms with Gasteiger partial charge < -0.3 is 14.7 Å². The van der Waals surface area contributed by atoms with Crippen molar-refractivity contribution >= 4 is 29.2 Å². The van der Waals surface area contributed by atoms with E-state index in [1.54, 1.807) is 23.4 Å². The molecular weight excluding hydrogens is 349 g/mol. The van der Waals surface area contributed by atoms with Gasteiger partial charge in [0.05, 0.1) is 6.34 Å². The Morgan fingerprint density at radius 1 is 1.23 bits per heavy atom. The topological polar surface area (TPSA) is 45.9 Å². The second-order valence-corrected chi connectivity index (χ2v) is 6.78. The van der Waals surface area contributed by atoms with Gasteiger partial charge in [0, 0.05) is 51.7 Å². The summed E-state index contributed by atoms with van der Waals surface area (Å²) in [5.74, 6) is -0.227. The molecule has 1 heterocycles. The Morgan fingerprint density at radius 2 is 1.92 bits per heavy atom. The minimum Gasteiger partial charge on any atom is -0.372 e. The Labute approximate surface area is 160 Å². The molecule has 0 aliphatic carbocycles. The monoisotopic (exact) mass is 373 g/mol. The van der Waals surface area contributed by atoms with Crippen LogP contribution in [0.3, 0.4) is 0 Å². The Kier molecular flexibility index (Phi) is 7.10. The summed E-state index contributed by atoms with van der Waals surface area (Å²) in [6.07, 6.45) is 2.55. The highest BCUT2D eigenvalue weighted by atomic mass is 32.1. The smallest absolute Gasteiger partial charge is 0.147 e. The number of halogens is 1. The molecule has 0 N–H and O–H groups in total. The number of hydrogen-bond acceptors (Lipinski definition) is 4. The zero-order valence-corrected chi connectivity index (χ0v) is 16.3. The van der Waals surface area contributed by atoms with Gasteiger partial charge in [-0.2, -0.15) is 5.26 Å². The Balaban J connectivity index is 2.12. The summed E-state index contributed by atoms with van der Waals surface area (Å²) in [7, 11) is 3.71. The van der Waals surface area contributed by atoms with E-state index in [-0.39, 0.29) is 5.82 Å². The Bertz CT molecular complexity index is 733. The van der Waals surface area contributed by atoms with Crippen molar-refractivity contribution < 1.29 is 4.39 Å². The molecule has 1 fully saturated rings.